The normalized spacial score (nSPS) is 16.6. The number of aromatic amines is 1. The Hall–Kier alpha value is -2.16. The molecule has 1 aliphatic heterocycles. The summed E-state index contributed by atoms with van der Waals surface area (Å²) in [7, 11) is 0. The van der Waals surface area contributed by atoms with Crippen LogP contribution in [-0.4, -0.2) is 10.2 Å². The molecule has 7 heteroatoms. The number of benzene rings is 1. The van der Waals surface area contributed by atoms with Crippen LogP contribution in [0, 0.1) is 39.0 Å². The van der Waals surface area contributed by atoms with E-state index in [2.05, 4.69) is 16.3 Å². The van der Waals surface area contributed by atoms with Crippen molar-refractivity contribution in [3.8, 4) is 11.9 Å². The van der Waals surface area contributed by atoms with Crippen molar-refractivity contribution in [1.82, 2.24) is 10.2 Å². The molecule has 25 heavy (non-hydrogen) atoms. The van der Waals surface area contributed by atoms with E-state index in [1.807, 2.05) is 33.8 Å². The number of ether oxygens (including phenoxy) is 1. The van der Waals surface area contributed by atoms with Crippen LogP contribution < -0.4 is 10.5 Å². The van der Waals surface area contributed by atoms with Crippen molar-refractivity contribution in [2.45, 2.75) is 38.4 Å². The quantitative estimate of drug-likeness (QED) is 0.763. The zero-order valence-corrected chi connectivity index (χ0v) is 15.9. The van der Waals surface area contributed by atoms with Crippen LogP contribution in [0.15, 0.2) is 17.5 Å². The van der Waals surface area contributed by atoms with E-state index >= 15 is 0 Å². The molecule has 0 amide bonds. The molecule has 3 N–H and O–H groups in total. The number of nitrogens with one attached hydrogen (secondary N) is 1. The minimum atomic E-state index is -0.657. The van der Waals surface area contributed by atoms with Gasteiger partial charge in [-0.1, -0.05) is 6.07 Å². The molecular formula is C18H18Cl2N4O. The van der Waals surface area contributed by atoms with E-state index in [1.165, 1.54) is 0 Å². The van der Waals surface area contributed by atoms with E-state index in [0.29, 0.717) is 11.5 Å². The zero-order chi connectivity index (χ0) is 18.5. The number of hydrogen-bond donors (Lipinski definition) is 2. The van der Waals surface area contributed by atoms with Crippen molar-refractivity contribution in [3.63, 3.8) is 0 Å². The highest BCUT2D eigenvalue weighted by molar-refractivity contribution is 6.44. The van der Waals surface area contributed by atoms with Crippen LogP contribution >= 0.6 is 23.2 Å². The van der Waals surface area contributed by atoms with Gasteiger partial charge in [-0.15, -0.1) is 28.3 Å². The number of rotatable bonds is 2. The molecule has 1 aromatic heterocycles. The molecule has 130 valence electrons. The lowest BCUT2D eigenvalue weighted by Crippen LogP contribution is -2.22. The van der Waals surface area contributed by atoms with E-state index in [9.17, 15) is 5.26 Å². The number of aromatic nitrogens is 2. The maximum Gasteiger partial charge on any atom is 0.244 e. The summed E-state index contributed by atoms with van der Waals surface area (Å²) >= 11 is 12.4. The van der Waals surface area contributed by atoms with Gasteiger partial charge in [0.25, 0.3) is 0 Å². The number of alkyl halides is 2. The van der Waals surface area contributed by atoms with E-state index in [-0.39, 0.29) is 11.8 Å². The highest BCUT2D eigenvalue weighted by atomic mass is 35.5. The van der Waals surface area contributed by atoms with Gasteiger partial charge in [0, 0.05) is 11.3 Å². The highest BCUT2D eigenvalue weighted by Crippen LogP contribution is 2.46. The Labute approximate surface area is 156 Å². The maximum absolute atomic E-state index is 9.71. The van der Waals surface area contributed by atoms with E-state index in [1.54, 1.807) is 0 Å². The van der Waals surface area contributed by atoms with Crippen molar-refractivity contribution in [3.05, 3.63) is 56.6 Å². The van der Waals surface area contributed by atoms with Gasteiger partial charge in [0.05, 0.1) is 5.92 Å². The summed E-state index contributed by atoms with van der Waals surface area (Å²) in [4.78, 5) is -0.657. The van der Waals surface area contributed by atoms with Gasteiger partial charge in [-0.05, 0) is 55.5 Å². The molecule has 0 radical (unpaired) electrons. The number of nitrogens with two attached hydrogens (primary N) is 1. The fraction of sp³-hybridized carbons (Fsp3) is 0.333. The molecule has 0 fully saturated rings. The maximum atomic E-state index is 9.71. The lowest BCUT2D eigenvalue weighted by atomic mass is 9.78. The number of nitrogens with zero attached hydrogens (tertiary/aromatic N) is 2. The SMILES string of the molecule is Cc1cc(C)c(C2C(C#N)=C(N)Oc3n[nH]c(C)c32)c(C)c1C(Cl)Cl. The van der Waals surface area contributed by atoms with Gasteiger partial charge in [-0.2, -0.15) is 5.26 Å². The average molecular weight is 377 g/mol. The molecule has 0 bridgehead atoms. The molecular weight excluding hydrogens is 359 g/mol. The number of H-pyrrole nitrogens is 1. The Morgan fingerprint density at radius 1 is 1.24 bits per heavy atom. The molecule has 0 saturated heterocycles. The third kappa shape index (κ3) is 2.66. The fourth-order valence-corrected chi connectivity index (χ4v) is 4.36. The molecule has 2 aromatic rings. The molecule has 3 rings (SSSR count). The van der Waals surface area contributed by atoms with Gasteiger partial charge >= 0.3 is 0 Å². The number of halogens is 2. The van der Waals surface area contributed by atoms with Crippen LogP contribution in [0.3, 0.4) is 0 Å². The summed E-state index contributed by atoms with van der Waals surface area (Å²) in [5.74, 6) is 0.0906. The second-order valence-corrected chi connectivity index (χ2v) is 7.35. The minimum Gasteiger partial charge on any atom is -0.420 e. The lowest BCUT2D eigenvalue weighted by molar-refractivity contribution is 0.378. The topological polar surface area (TPSA) is 87.7 Å². The van der Waals surface area contributed by atoms with Crippen molar-refractivity contribution < 1.29 is 4.74 Å². The average Bonchev–Trinajstić information content (AvgIpc) is 2.86. The highest BCUT2D eigenvalue weighted by Gasteiger charge is 2.36. The van der Waals surface area contributed by atoms with Gasteiger partial charge in [0.15, 0.2) is 0 Å². The molecule has 1 aromatic carbocycles. The molecule has 1 aliphatic rings. The van der Waals surface area contributed by atoms with Crippen molar-refractivity contribution >= 4 is 23.2 Å². The number of hydrogen-bond acceptors (Lipinski definition) is 4. The molecule has 0 spiro atoms. The van der Waals surface area contributed by atoms with Gasteiger partial charge in [-0.3, -0.25) is 5.10 Å². The molecule has 1 atom stereocenters. The molecule has 2 heterocycles. The first-order chi connectivity index (χ1) is 11.8. The smallest absolute Gasteiger partial charge is 0.244 e. The largest absolute Gasteiger partial charge is 0.420 e. The lowest BCUT2D eigenvalue weighted by Gasteiger charge is -2.28. The summed E-state index contributed by atoms with van der Waals surface area (Å²) in [5, 5.41) is 16.8. The van der Waals surface area contributed by atoms with Crippen LogP contribution in [0.25, 0.3) is 0 Å². The Balaban J connectivity index is 2.37. The van der Waals surface area contributed by atoms with Gasteiger partial charge in [0.1, 0.15) is 16.5 Å². The Morgan fingerprint density at radius 3 is 2.52 bits per heavy atom. The zero-order valence-electron chi connectivity index (χ0n) is 14.4. The first-order valence-corrected chi connectivity index (χ1v) is 8.66. The molecule has 1 unspecified atom stereocenters. The number of fused-ring (bicyclic) bond motifs is 1. The van der Waals surface area contributed by atoms with Crippen LogP contribution in [0.1, 0.15) is 49.8 Å². The molecule has 0 aliphatic carbocycles. The van der Waals surface area contributed by atoms with E-state index < -0.39 is 4.84 Å². The van der Waals surface area contributed by atoms with Gasteiger partial charge in [0.2, 0.25) is 11.8 Å². The van der Waals surface area contributed by atoms with Crippen LogP contribution in [0.2, 0.25) is 0 Å². The Bertz CT molecular complexity index is 938. The second kappa shape index (κ2) is 6.29. The Kier molecular flexibility index (Phi) is 4.44. The second-order valence-electron chi connectivity index (χ2n) is 6.26. The summed E-state index contributed by atoms with van der Waals surface area (Å²) in [5.41, 5.74) is 12.8. The predicted molar refractivity (Wildman–Crippen MR) is 97.7 cm³/mol. The number of nitriles is 1. The van der Waals surface area contributed by atoms with Crippen molar-refractivity contribution in [2.75, 3.05) is 0 Å². The van der Waals surface area contributed by atoms with Crippen LogP contribution in [-0.2, 0) is 0 Å². The minimum absolute atomic E-state index is 0.0701. The summed E-state index contributed by atoms with van der Waals surface area (Å²) < 4.78 is 5.53. The number of aryl methyl sites for hydroxylation is 3. The number of allylic oxidation sites excluding steroid dienone is 1. The van der Waals surface area contributed by atoms with E-state index in [4.69, 9.17) is 33.7 Å². The standard InChI is InChI=1S/C18H18Cl2N4O/c1-7-5-8(2)13(16(19)20)9(3)12(7)15-11(6-21)17(22)25-18-14(15)10(4)23-24-18/h5,15-16H,22H2,1-4H3,(H,23,24). The Morgan fingerprint density at radius 2 is 1.92 bits per heavy atom. The van der Waals surface area contributed by atoms with Crippen LogP contribution in [0.5, 0.6) is 5.88 Å². The van der Waals surface area contributed by atoms with E-state index in [0.717, 1.165) is 39.1 Å². The third-order valence-electron chi connectivity index (χ3n) is 4.73. The molecule has 0 saturated carbocycles. The first kappa shape index (κ1) is 17.7. The van der Waals surface area contributed by atoms with Crippen LogP contribution in [0.4, 0.5) is 0 Å². The fourth-order valence-electron chi connectivity index (χ4n) is 3.68. The van der Waals surface area contributed by atoms with Crippen molar-refractivity contribution in [1.29, 1.82) is 5.26 Å². The molecule has 5 nitrogen and oxygen atoms in total. The van der Waals surface area contributed by atoms with Gasteiger partial charge < -0.3 is 10.5 Å². The predicted octanol–water partition coefficient (Wildman–Crippen LogP) is 4.34. The summed E-state index contributed by atoms with van der Waals surface area (Å²) in [6, 6.07) is 4.23. The monoisotopic (exact) mass is 376 g/mol. The summed E-state index contributed by atoms with van der Waals surface area (Å²) in [6.45, 7) is 7.85. The summed E-state index contributed by atoms with van der Waals surface area (Å²) in [6.07, 6.45) is 0. The van der Waals surface area contributed by atoms with Crippen molar-refractivity contribution in [2.24, 2.45) is 5.73 Å². The third-order valence-corrected chi connectivity index (χ3v) is 5.16. The first-order valence-electron chi connectivity index (χ1n) is 7.79. The van der Waals surface area contributed by atoms with Gasteiger partial charge in [-0.25, -0.2) is 0 Å².